The van der Waals surface area contributed by atoms with Crippen molar-refractivity contribution in [3.05, 3.63) is 0 Å². The van der Waals surface area contributed by atoms with E-state index in [1.54, 1.807) is 6.34 Å². The van der Waals surface area contributed by atoms with Crippen LogP contribution >= 0.6 is 0 Å². The lowest BCUT2D eigenvalue weighted by molar-refractivity contribution is 0.617. The third-order valence-corrected chi connectivity index (χ3v) is 2.02. The zero-order valence-electron chi connectivity index (χ0n) is 5.38. The van der Waals surface area contributed by atoms with Crippen molar-refractivity contribution in [3.8, 4) is 0 Å². The van der Waals surface area contributed by atoms with Crippen molar-refractivity contribution < 1.29 is 0 Å². The summed E-state index contributed by atoms with van der Waals surface area (Å²) in [7, 11) is 0. The number of nitrogens with zero attached hydrogens (tertiary/aromatic N) is 2. The van der Waals surface area contributed by atoms with Crippen LogP contribution in [0.25, 0.3) is 0 Å². The summed E-state index contributed by atoms with van der Waals surface area (Å²) in [6, 6.07) is 0.485. The molecule has 48 valence electrons. The first-order chi connectivity index (χ1) is 4.47. The number of fused-ring (bicyclic) bond motifs is 1. The van der Waals surface area contributed by atoms with Crippen LogP contribution in [-0.2, 0) is 0 Å². The maximum atomic E-state index is 4.23. The highest BCUT2D eigenvalue weighted by molar-refractivity contribution is 5.99. The Morgan fingerprint density at radius 3 is 3.33 bits per heavy atom. The van der Waals surface area contributed by atoms with Gasteiger partial charge in [0.25, 0.3) is 0 Å². The predicted octanol–water partition coefficient (Wildman–Crippen LogP) is 1.41. The Bertz CT molecular complexity index is 170. The van der Waals surface area contributed by atoms with E-state index in [0.717, 1.165) is 0 Å². The van der Waals surface area contributed by atoms with Crippen LogP contribution in [-0.4, -0.2) is 18.1 Å². The summed E-state index contributed by atoms with van der Waals surface area (Å²) in [5, 5.41) is 0. The number of rotatable bonds is 0. The maximum Gasteiger partial charge on any atom is 0.110 e. The van der Waals surface area contributed by atoms with Crippen LogP contribution in [0.2, 0.25) is 0 Å². The van der Waals surface area contributed by atoms with Gasteiger partial charge < -0.3 is 0 Å². The molecule has 0 saturated heterocycles. The molecule has 2 heteroatoms. The Kier molecular flexibility index (Phi) is 1.11. The Hall–Kier alpha value is -0.660. The first kappa shape index (κ1) is 5.15. The van der Waals surface area contributed by atoms with E-state index in [4.69, 9.17) is 0 Å². The molecule has 1 heterocycles. The Labute approximate surface area is 54.7 Å². The van der Waals surface area contributed by atoms with Crippen molar-refractivity contribution in [3.63, 3.8) is 0 Å². The molecular weight excluding hydrogens is 112 g/mol. The second-order valence-corrected chi connectivity index (χ2v) is 2.65. The van der Waals surface area contributed by atoms with E-state index in [0.29, 0.717) is 6.04 Å². The zero-order chi connectivity index (χ0) is 6.10. The van der Waals surface area contributed by atoms with Gasteiger partial charge in [-0.25, -0.2) is 4.99 Å². The summed E-state index contributed by atoms with van der Waals surface area (Å²) in [6.07, 6.45) is 6.78. The van der Waals surface area contributed by atoms with E-state index >= 15 is 0 Å². The fourth-order valence-electron chi connectivity index (χ4n) is 1.48. The number of hydrogen-bond acceptors (Lipinski definition) is 2. The smallest absolute Gasteiger partial charge is 0.110 e. The van der Waals surface area contributed by atoms with Crippen LogP contribution in [0.5, 0.6) is 0 Å². The van der Waals surface area contributed by atoms with E-state index in [9.17, 15) is 0 Å². The minimum Gasteiger partial charge on any atom is -0.264 e. The van der Waals surface area contributed by atoms with Gasteiger partial charge >= 0.3 is 0 Å². The molecular formula is C7H10N2. The second-order valence-electron chi connectivity index (χ2n) is 2.65. The topological polar surface area (TPSA) is 24.7 Å². The van der Waals surface area contributed by atoms with Crippen LogP contribution in [0, 0.1) is 0 Å². The summed E-state index contributed by atoms with van der Waals surface area (Å²) in [5.41, 5.74) is 1.32. The summed E-state index contributed by atoms with van der Waals surface area (Å²) >= 11 is 0. The number of hydrogen-bond donors (Lipinski definition) is 0. The largest absolute Gasteiger partial charge is 0.264 e. The summed E-state index contributed by atoms with van der Waals surface area (Å²) in [4.78, 5) is 8.41. The second kappa shape index (κ2) is 1.94. The summed E-state index contributed by atoms with van der Waals surface area (Å²) in [5.74, 6) is 0. The highest BCUT2D eigenvalue weighted by Gasteiger charge is 2.20. The fraction of sp³-hybridized carbons (Fsp3) is 0.714. The van der Waals surface area contributed by atoms with E-state index in [1.807, 2.05) is 0 Å². The monoisotopic (exact) mass is 122 g/mol. The molecule has 0 spiro atoms. The Morgan fingerprint density at radius 1 is 1.44 bits per heavy atom. The van der Waals surface area contributed by atoms with Gasteiger partial charge in [-0.15, -0.1) is 0 Å². The molecule has 0 amide bonds. The molecule has 0 aromatic rings. The average molecular weight is 122 g/mol. The van der Waals surface area contributed by atoms with E-state index < -0.39 is 0 Å². The van der Waals surface area contributed by atoms with Crippen LogP contribution in [0.1, 0.15) is 25.7 Å². The zero-order valence-corrected chi connectivity index (χ0v) is 5.38. The van der Waals surface area contributed by atoms with Crippen molar-refractivity contribution in [2.45, 2.75) is 31.7 Å². The Balaban J connectivity index is 2.16. The molecule has 0 bridgehead atoms. The minimum absolute atomic E-state index is 0.485. The standard InChI is InChI=1S/C7H10N2/c1-2-4-7-6(3-1)8-5-9-7/h5-6H,1-4H2. The van der Waals surface area contributed by atoms with Crippen LogP contribution in [0.15, 0.2) is 9.98 Å². The van der Waals surface area contributed by atoms with Gasteiger partial charge in [-0.2, -0.15) is 0 Å². The predicted molar refractivity (Wildman–Crippen MR) is 38.2 cm³/mol. The molecule has 2 nitrogen and oxygen atoms in total. The molecule has 1 aliphatic heterocycles. The maximum absolute atomic E-state index is 4.23. The van der Waals surface area contributed by atoms with Gasteiger partial charge in [-0.05, 0) is 19.3 Å². The normalized spacial score (nSPS) is 32.0. The SMILES string of the molecule is C1=NC2CCCCC2=N1. The molecule has 2 rings (SSSR count). The van der Waals surface area contributed by atoms with Crippen molar-refractivity contribution in [1.82, 2.24) is 0 Å². The van der Waals surface area contributed by atoms with E-state index in [-0.39, 0.29) is 0 Å². The van der Waals surface area contributed by atoms with Crippen molar-refractivity contribution in [1.29, 1.82) is 0 Å². The third kappa shape index (κ3) is 0.784. The molecule has 1 saturated carbocycles. The highest BCUT2D eigenvalue weighted by Crippen LogP contribution is 2.20. The first-order valence-corrected chi connectivity index (χ1v) is 3.55. The lowest BCUT2D eigenvalue weighted by Gasteiger charge is -2.15. The molecule has 1 fully saturated rings. The molecule has 1 aliphatic carbocycles. The number of aliphatic imine (C=N–C) groups is 2. The average Bonchev–Trinajstić information content (AvgIpc) is 2.33. The lowest BCUT2D eigenvalue weighted by atomic mass is 9.94. The summed E-state index contributed by atoms with van der Waals surface area (Å²) < 4.78 is 0. The van der Waals surface area contributed by atoms with Crippen molar-refractivity contribution in [2.75, 3.05) is 0 Å². The molecule has 0 radical (unpaired) electrons. The quantitative estimate of drug-likeness (QED) is 0.464. The van der Waals surface area contributed by atoms with Crippen LogP contribution in [0.4, 0.5) is 0 Å². The Morgan fingerprint density at radius 2 is 2.44 bits per heavy atom. The molecule has 1 unspecified atom stereocenters. The molecule has 0 aromatic carbocycles. The molecule has 9 heavy (non-hydrogen) atoms. The van der Waals surface area contributed by atoms with Gasteiger partial charge in [0.05, 0.1) is 6.04 Å². The highest BCUT2D eigenvalue weighted by atomic mass is 15.0. The fourth-order valence-corrected chi connectivity index (χ4v) is 1.48. The van der Waals surface area contributed by atoms with Gasteiger partial charge in [0.1, 0.15) is 6.34 Å². The third-order valence-electron chi connectivity index (χ3n) is 2.02. The molecule has 0 aromatic heterocycles. The van der Waals surface area contributed by atoms with Gasteiger partial charge in [-0.1, -0.05) is 6.42 Å². The van der Waals surface area contributed by atoms with Gasteiger partial charge in [0.15, 0.2) is 0 Å². The van der Waals surface area contributed by atoms with Crippen LogP contribution in [0.3, 0.4) is 0 Å². The van der Waals surface area contributed by atoms with Crippen molar-refractivity contribution >= 4 is 12.1 Å². The van der Waals surface area contributed by atoms with Gasteiger partial charge in [-0.3, -0.25) is 4.99 Å². The van der Waals surface area contributed by atoms with Crippen LogP contribution < -0.4 is 0 Å². The lowest BCUT2D eigenvalue weighted by Crippen LogP contribution is -2.19. The van der Waals surface area contributed by atoms with Gasteiger partial charge in [0, 0.05) is 5.71 Å². The first-order valence-electron chi connectivity index (χ1n) is 3.55. The molecule has 2 aliphatic rings. The molecule has 0 N–H and O–H groups in total. The summed E-state index contributed by atoms with van der Waals surface area (Å²) in [6.45, 7) is 0. The van der Waals surface area contributed by atoms with Gasteiger partial charge in [0.2, 0.25) is 0 Å². The molecule has 1 atom stereocenters. The van der Waals surface area contributed by atoms with Crippen molar-refractivity contribution in [2.24, 2.45) is 9.98 Å². The van der Waals surface area contributed by atoms with E-state index in [2.05, 4.69) is 9.98 Å². The minimum atomic E-state index is 0.485. The van der Waals surface area contributed by atoms with E-state index in [1.165, 1.54) is 31.4 Å².